The van der Waals surface area contributed by atoms with E-state index in [0.717, 1.165) is 12.0 Å². The summed E-state index contributed by atoms with van der Waals surface area (Å²) in [5, 5.41) is 9.57. The minimum Gasteiger partial charge on any atom is -0.504 e. The lowest BCUT2D eigenvalue weighted by atomic mass is 9.86. The van der Waals surface area contributed by atoms with Crippen molar-refractivity contribution >= 4 is 0 Å². The minimum absolute atomic E-state index is 0.0699. The summed E-state index contributed by atoms with van der Waals surface area (Å²) < 4.78 is 5.34. The molecule has 1 aromatic rings. The van der Waals surface area contributed by atoms with Gasteiger partial charge in [0.25, 0.3) is 0 Å². The van der Waals surface area contributed by atoms with Crippen LogP contribution in [0.5, 0.6) is 11.5 Å². The van der Waals surface area contributed by atoms with Crippen molar-refractivity contribution in [1.82, 2.24) is 0 Å². The Morgan fingerprint density at radius 1 is 1.38 bits per heavy atom. The van der Waals surface area contributed by atoms with Crippen LogP contribution in [0.4, 0.5) is 0 Å². The van der Waals surface area contributed by atoms with Crippen LogP contribution in [-0.4, -0.2) is 18.3 Å². The molecule has 0 saturated heterocycles. The van der Waals surface area contributed by atoms with E-state index < -0.39 is 0 Å². The molecule has 0 atom stereocenters. The van der Waals surface area contributed by atoms with E-state index in [4.69, 9.17) is 10.5 Å². The number of nitrogens with two attached hydrogens (primary N) is 1. The van der Waals surface area contributed by atoms with Crippen molar-refractivity contribution in [3.8, 4) is 11.5 Å². The van der Waals surface area contributed by atoms with E-state index in [9.17, 15) is 5.11 Å². The smallest absolute Gasteiger partial charge is 0.161 e. The Bertz CT molecular complexity index is 348. The highest BCUT2D eigenvalue weighted by molar-refractivity contribution is 5.42. The predicted molar refractivity (Wildman–Crippen MR) is 65.8 cm³/mol. The standard InChI is InChI=1S/C13H21NO2/c1-4-16-12-7-10(5-6-11(12)15)8-13(2,3)9-14/h5-7,15H,4,8-9,14H2,1-3H3. The van der Waals surface area contributed by atoms with Crippen molar-refractivity contribution in [1.29, 1.82) is 0 Å². The maximum atomic E-state index is 9.57. The molecular weight excluding hydrogens is 202 g/mol. The van der Waals surface area contributed by atoms with Crippen LogP contribution in [0.15, 0.2) is 18.2 Å². The van der Waals surface area contributed by atoms with Gasteiger partial charge in [-0.15, -0.1) is 0 Å². The van der Waals surface area contributed by atoms with Gasteiger partial charge < -0.3 is 15.6 Å². The second-order valence-corrected chi connectivity index (χ2v) is 4.78. The first-order valence-corrected chi connectivity index (χ1v) is 5.63. The summed E-state index contributed by atoms with van der Waals surface area (Å²) >= 11 is 0. The number of ether oxygens (including phenoxy) is 1. The lowest BCUT2D eigenvalue weighted by molar-refractivity contribution is 0.316. The summed E-state index contributed by atoms with van der Waals surface area (Å²) in [6.07, 6.45) is 0.879. The molecule has 0 bridgehead atoms. The molecule has 0 heterocycles. The van der Waals surface area contributed by atoms with Crippen LogP contribution in [0.2, 0.25) is 0 Å². The molecule has 0 aliphatic carbocycles. The highest BCUT2D eigenvalue weighted by Crippen LogP contribution is 2.29. The van der Waals surface area contributed by atoms with Crippen molar-refractivity contribution in [2.45, 2.75) is 27.2 Å². The molecule has 0 radical (unpaired) electrons. The van der Waals surface area contributed by atoms with E-state index in [2.05, 4.69) is 13.8 Å². The molecule has 3 nitrogen and oxygen atoms in total. The number of benzene rings is 1. The lowest BCUT2D eigenvalue weighted by Crippen LogP contribution is -2.25. The van der Waals surface area contributed by atoms with Gasteiger partial charge in [-0.05, 0) is 43.0 Å². The van der Waals surface area contributed by atoms with E-state index in [-0.39, 0.29) is 11.2 Å². The van der Waals surface area contributed by atoms with E-state index in [1.165, 1.54) is 0 Å². The number of phenols is 1. The Morgan fingerprint density at radius 2 is 2.06 bits per heavy atom. The zero-order valence-corrected chi connectivity index (χ0v) is 10.3. The number of aromatic hydroxyl groups is 1. The lowest BCUT2D eigenvalue weighted by Gasteiger charge is -2.22. The average molecular weight is 223 g/mol. The Labute approximate surface area is 97.2 Å². The van der Waals surface area contributed by atoms with Crippen LogP contribution in [0.1, 0.15) is 26.3 Å². The van der Waals surface area contributed by atoms with Crippen molar-refractivity contribution in [2.24, 2.45) is 11.1 Å². The Balaban J connectivity index is 2.86. The fraction of sp³-hybridized carbons (Fsp3) is 0.538. The topological polar surface area (TPSA) is 55.5 Å². The fourth-order valence-electron chi connectivity index (χ4n) is 1.56. The SMILES string of the molecule is CCOc1cc(CC(C)(C)CN)ccc1O. The second-order valence-electron chi connectivity index (χ2n) is 4.78. The molecule has 0 fully saturated rings. The maximum Gasteiger partial charge on any atom is 0.161 e. The summed E-state index contributed by atoms with van der Waals surface area (Å²) in [5.41, 5.74) is 6.91. The maximum absolute atomic E-state index is 9.57. The van der Waals surface area contributed by atoms with Gasteiger partial charge in [0.05, 0.1) is 6.61 Å². The predicted octanol–water partition coefficient (Wildman–Crippen LogP) is 2.32. The number of phenolic OH excluding ortho intramolecular Hbond substituents is 1. The second kappa shape index (κ2) is 5.21. The van der Waals surface area contributed by atoms with E-state index in [0.29, 0.717) is 18.9 Å². The third kappa shape index (κ3) is 3.42. The van der Waals surface area contributed by atoms with Crippen LogP contribution in [0.25, 0.3) is 0 Å². The molecule has 1 aromatic carbocycles. The van der Waals surface area contributed by atoms with Crippen molar-refractivity contribution in [3.05, 3.63) is 23.8 Å². The molecule has 0 aromatic heterocycles. The molecule has 0 aliphatic rings. The highest BCUT2D eigenvalue weighted by atomic mass is 16.5. The number of rotatable bonds is 5. The van der Waals surface area contributed by atoms with Crippen LogP contribution in [-0.2, 0) is 6.42 Å². The zero-order chi connectivity index (χ0) is 12.2. The minimum atomic E-state index is 0.0699. The van der Waals surface area contributed by atoms with E-state index in [1.807, 2.05) is 19.1 Å². The quantitative estimate of drug-likeness (QED) is 0.805. The first-order chi connectivity index (χ1) is 7.48. The molecule has 0 unspecified atom stereocenters. The van der Waals surface area contributed by atoms with Gasteiger partial charge >= 0.3 is 0 Å². The Morgan fingerprint density at radius 3 is 2.62 bits per heavy atom. The van der Waals surface area contributed by atoms with Crippen LogP contribution in [0, 0.1) is 5.41 Å². The summed E-state index contributed by atoms with van der Waals surface area (Å²) in [6, 6.07) is 5.47. The van der Waals surface area contributed by atoms with Crippen LogP contribution < -0.4 is 10.5 Å². The molecule has 3 heteroatoms. The van der Waals surface area contributed by atoms with Gasteiger partial charge in [-0.3, -0.25) is 0 Å². The monoisotopic (exact) mass is 223 g/mol. The molecule has 3 N–H and O–H groups in total. The van der Waals surface area contributed by atoms with Gasteiger partial charge in [0, 0.05) is 0 Å². The van der Waals surface area contributed by atoms with Gasteiger partial charge in [-0.2, -0.15) is 0 Å². The van der Waals surface area contributed by atoms with Gasteiger partial charge in [-0.1, -0.05) is 19.9 Å². The van der Waals surface area contributed by atoms with Crippen molar-refractivity contribution in [2.75, 3.05) is 13.2 Å². The van der Waals surface area contributed by atoms with Crippen LogP contribution in [0.3, 0.4) is 0 Å². The van der Waals surface area contributed by atoms with Gasteiger partial charge in [0.15, 0.2) is 11.5 Å². The zero-order valence-electron chi connectivity index (χ0n) is 10.3. The van der Waals surface area contributed by atoms with Crippen molar-refractivity contribution in [3.63, 3.8) is 0 Å². The molecule has 0 aliphatic heterocycles. The van der Waals surface area contributed by atoms with Crippen molar-refractivity contribution < 1.29 is 9.84 Å². The molecule has 0 spiro atoms. The highest BCUT2D eigenvalue weighted by Gasteiger charge is 2.17. The molecule has 16 heavy (non-hydrogen) atoms. The van der Waals surface area contributed by atoms with Gasteiger partial charge in [0.2, 0.25) is 0 Å². The van der Waals surface area contributed by atoms with E-state index in [1.54, 1.807) is 6.07 Å². The molecule has 0 saturated carbocycles. The summed E-state index contributed by atoms with van der Waals surface area (Å²) in [5.74, 6) is 0.740. The van der Waals surface area contributed by atoms with Crippen LogP contribution >= 0.6 is 0 Å². The number of hydrogen-bond donors (Lipinski definition) is 2. The first-order valence-electron chi connectivity index (χ1n) is 5.63. The fourth-order valence-corrected chi connectivity index (χ4v) is 1.56. The third-order valence-corrected chi connectivity index (χ3v) is 2.56. The van der Waals surface area contributed by atoms with Gasteiger partial charge in [0.1, 0.15) is 0 Å². The Kier molecular flexibility index (Phi) is 4.19. The summed E-state index contributed by atoms with van der Waals surface area (Å²) in [6.45, 7) is 7.34. The Hall–Kier alpha value is -1.22. The molecule has 1 rings (SSSR count). The summed E-state index contributed by atoms with van der Waals surface area (Å²) in [7, 11) is 0. The van der Waals surface area contributed by atoms with E-state index >= 15 is 0 Å². The average Bonchev–Trinajstić information content (AvgIpc) is 2.23. The first kappa shape index (κ1) is 12.8. The largest absolute Gasteiger partial charge is 0.504 e. The normalized spacial score (nSPS) is 11.5. The molecule has 90 valence electrons. The molecule has 0 amide bonds. The summed E-state index contributed by atoms with van der Waals surface area (Å²) in [4.78, 5) is 0. The van der Waals surface area contributed by atoms with Gasteiger partial charge in [-0.25, -0.2) is 0 Å². The third-order valence-electron chi connectivity index (χ3n) is 2.56. The molecular formula is C13H21NO2. The number of hydrogen-bond acceptors (Lipinski definition) is 3.